The lowest BCUT2D eigenvalue weighted by atomic mass is 10.2. The van der Waals surface area contributed by atoms with Gasteiger partial charge in [0.15, 0.2) is 17.3 Å². The Labute approximate surface area is 121 Å². The summed E-state index contributed by atoms with van der Waals surface area (Å²) in [5.41, 5.74) is 1.87. The van der Waals surface area contributed by atoms with Crippen molar-refractivity contribution >= 4 is 27.0 Å². The van der Waals surface area contributed by atoms with Gasteiger partial charge in [-0.1, -0.05) is 15.9 Å². The molecule has 2 aromatic carbocycles. The number of benzene rings is 2. The fraction of sp³-hybridized carbons (Fsp3) is 0.0714. The third-order valence-corrected chi connectivity index (χ3v) is 3.66. The summed E-state index contributed by atoms with van der Waals surface area (Å²) in [4.78, 5) is 4.12. The van der Waals surface area contributed by atoms with Crippen molar-refractivity contribution in [2.45, 2.75) is 0 Å². The Balaban J connectivity index is 1.94. The van der Waals surface area contributed by atoms with E-state index < -0.39 is 0 Å². The van der Waals surface area contributed by atoms with Crippen LogP contribution in [0.3, 0.4) is 0 Å². The molecule has 0 aliphatic carbocycles. The SMILES string of the molecule is Fc1cc(Br)cc2c1ncn2-c1ccc2c(c1)OCO2. The maximum atomic E-state index is 13.8. The van der Waals surface area contributed by atoms with E-state index in [-0.39, 0.29) is 12.6 Å². The zero-order valence-corrected chi connectivity index (χ0v) is 11.7. The molecule has 0 amide bonds. The lowest BCUT2D eigenvalue weighted by Crippen LogP contribution is -1.93. The van der Waals surface area contributed by atoms with Crippen LogP contribution in [0, 0.1) is 5.82 Å². The topological polar surface area (TPSA) is 36.3 Å². The lowest BCUT2D eigenvalue weighted by molar-refractivity contribution is 0.174. The Kier molecular flexibility index (Phi) is 2.47. The third kappa shape index (κ3) is 1.68. The summed E-state index contributed by atoms with van der Waals surface area (Å²) in [7, 11) is 0. The largest absolute Gasteiger partial charge is 0.454 e. The fourth-order valence-electron chi connectivity index (χ4n) is 2.28. The van der Waals surface area contributed by atoms with E-state index >= 15 is 0 Å². The van der Waals surface area contributed by atoms with Gasteiger partial charge in [0.2, 0.25) is 6.79 Å². The number of hydrogen-bond donors (Lipinski definition) is 0. The molecule has 0 unspecified atom stereocenters. The first-order valence-electron chi connectivity index (χ1n) is 5.94. The number of rotatable bonds is 1. The van der Waals surface area contributed by atoms with Gasteiger partial charge in [-0.05, 0) is 24.3 Å². The number of fused-ring (bicyclic) bond motifs is 2. The molecule has 3 aromatic rings. The van der Waals surface area contributed by atoms with Crippen molar-refractivity contribution in [2.75, 3.05) is 6.79 Å². The predicted octanol–water partition coefficient (Wildman–Crippen LogP) is 3.66. The number of imidazole rings is 1. The second kappa shape index (κ2) is 4.21. The van der Waals surface area contributed by atoms with Crippen molar-refractivity contribution in [1.82, 2.24) is 9.55 Å². The molecule has 0 saturated carbocycles. The Hall–Kier alpha value is -2.08. The van der Waals surface area contributed by atoms with Crippen LogP contribution in [0.5, 0.6) is 11.5 Å². The van der Waals surface area contributed by atoms with Crippen molar-refractivity contribution in [2.24, 2.45) is 0 Å². The second-order valence-electron chi connectivity index (χ2n) is 4.41. The van der Waals surface area contributed by atoms with Crippen LogP contribution in [0.15, 0.2) is 41.1 Å². The third-order valence-electron chi connectivity index (χ3n) is 3.20. The van der Waals surface area contributed by atoms with Crippen molar-refractivity contribution in [3.8, 4) is 17.2 Å². The quantitative estimate of drug-likeness (QED) is 0.681. The zero-order valence-electron chi connectivity index (χ0n) is 10.1. The monoisotopic (exact) mass is 334 g/mol. The predicted molar refractivity (Wildman–Crippen MR) is 74.9 cm³/mol. The molecule has 0 saturated heterocycles. The van der Waals surface area contributed by atoms with Crippen LogP contribution < -0.4 is 9.47 Å². The van der Waals surface area contributed by atoms with Crippen LogP contribution in [-0.2, 0) is 0 Å². The first kappa shape index (κ1) is 11.7. The van der Waals surface area contributed by atoms with Gasteiger partial charge in [-0.15, -0.1) is 0 Å². The summed E-state index contributed by atoms with van der Waals surface area (Å²) in [5, 5.41) is 0. The van der Waals surface area contributed by atoms with E-state index in [9.17, 15) is 4.39 Å². The Morgan fingerprint density at radius 2 is 2.00 bits per heavy atom. The molecular formula is C14H8BrFN2O2. The van der Waals surface area contributed by atoms with Gasteiger partial charge in [0.1, 0.15) is 11.8 Å². The average Bonchev–Trinajstić information content (AvgIpc) is 3.03. The summed E-state index contributed by atoms with van der Waals surface area (Å²) < 4.78 is 27.0. The Morgan fingerprint density at radius 1 is 1.15 bits per heavy atom. The molecule has 0 atom stereocenters. The number of ether oxygens (including phenoxy) is 2. The van der Waals surface area contributed by atoms with Gasteiger partial charge in [0.25, 0.3) is 0 Å². The molecule has 0 radical (unpaired) electrons. The molecule has 1 aliphatic heterocycles. The molecule has 4 rings (SSSR count). The zero-order chi connectivity index (χ0) is 13.7. The van der Waals surface area contributed by atoms with Crippen molar-refractivity contribution in [3.63, 3.8) is 0 Å². The molecule has 0 bridgehead atoms. The minimum Gasteiger partial charge on any atom is -0.454 e. The molecular weight excluding hydrogens is 327 g/mol. The summed E-state index contributed by atoms with van der Waals surface area (Å²) in [6.07, 6.45) is 1.59. The number of nitrogens with zero attached hydrogens (tertiary/aromatic N) is 2. The number of halogens is 2. The van der Waals surface area contributed by atoms with Crippen LogP contribution in [0.25, 0.3) is 16.7 Å². The minimum atomic E-state index is -0.353. The normalized spacial score (nSPS) is 13.1. The van der Waals surface area contributed by atoms with Crippen LogP contribution in [0.1, 0.15) is 0 Å². The molecule has 0 N–H and O–H groups in total. The highest BCUT2D eigenvalue weighted by Crippen LogP contribution is 2.34. The highest BCUT2D eigenvalue weighted by atomic mass is 79.9. The van der Waals surface area contributed by atoms with Gasteiger partial charge >= 0.3 is 0 Å². The standard InChI is InChI=1S/C14H8BrFN2O2/c15-8-3-10(16)14-11(4-8)18(6-17-14)9-1-2-12-13(5-9)20-7-19-12/h1-6H,7H2. The van der Waals surface area contributed by atoms with E-state index in [1.165, 1.54) is 6.07 Å². The molecule has 1 aromatic heterocycles. The molecule has 20 heavy (non-hydrogen) atoms. The number of aromatic nitrogens is 2. The summed E-state index contributed by atoms with van der Waals surface area (Å²) in [6.45, 7) is 0.226. The lowest BCUT2D eigenvalue weighted by Gasteiger charge is -2.06. The first-order chi connectivity index (χ1) is 9.72. The second-order valence-corrected chi connectivity index (χ2v) is 5.32. The molecule has 0 spiro atoms. The van der Waals surface area contributed by atoms with Crippen molar-refractivity contribution < 1.29 is 13.9 Å². The van der Waals surface area contributed by atoms with Crippen LogP contribution in [-0.4, -0.2) is 16.3 Å². The first-order valence-corrected chi connectivity index (χ1v) is 6.74. The van der Waals surface area contributed by atoms with Gasteiger partial charge in [0, 0.05) is 10.5 Å². The smallest absolute Gasteiger partial charge is 0.231 e. The fourth-order valence-corrected chi connectivity index (χ4v) is 2.70. The van der Waals surface area contributed by atoms with Crippen molar-refractivity contribution in [1.29, 1.82) is 0 Å². The molecule has 1 aliphatic rings. The maximum absolute atomic E-state index is 13.8. The summed E-state index contributed by atoms with van der Waals surface area (Å²) >= 11 is 3.30. The van der Waals surface area contributed by atoms with Crippen LogP contribution in [0.4, 0.5) is 4.39 Å². The van der Waals surface area contributed by atoms with E-state index in [1.54, 1.807) is 6.33 Å². The van der Waals surface area contributed by atoms with Gasteiger partial charge < -0.3 is 9.47 Å². The van der Waals surface area contributed by atoms with Crippen LogP contribution in [0.2, 0.25) is 0 Å². The van der Waals surface area contributed by atoms with Gasteiger partial charge in [-0.3, -0.25) is 4.57 Å². The van der Waals surface area contributed by atoms with Crippen molar-refractivity contribution in [3.05, 3.63) is 46.9 Å². The van der Waals surface area contributed by atoms with Gasteiger partial charge in [-0.25, -0.2) is 9.37 Å². The highest BCUT2D eigenvalue weighted by molar-refractivity contribution is 9.10. The van der Waals surface area contributed by atoms with E-state index in [2.05, 4.69) is 20.9 Å². The minimum absolute atomic E-state index is 0.226. The summed E-state index contributed by atoms with van der Waals surface area (Å²) in [6, 6.07) is 8.79. The Morgan fingerprint density at radius 3 is 2.90 bits per heavy atom. The molecule has 4 nitrogen and oxygen atoms in total. The average molecular weight is 335 g/mol. The maximum Gasteiger partial charge on any atom is 0.231 e. The molecule has 6 heteroatoms. The molecule has 2 heterocycles. The highest BCUT2D eigenvalue weighted by Gasteiger charge is 2.16. The van der Waals surface area contributed by atoms with Crippen LogP contribution >= 0.6 is 15.9 Å². The van der Waals surface area contributed by atoms with E-state index in [4.69, 9.17) is 9.47 Å². The van der Waals surface area contributed by atoms with Gasteiger partial charge in [-0.2, -0.15) is 0 Å². The van der Waals surface area contributed by atoms with E-state index in [1.807, 2.05) is 28.8 Å². The molecule has 100 valence electrons. The molecule has 0 fully saturated rings. The number of hydrogen-bond acceptors (Lipinski definition) is 3. The van der Waals surface area contributed by atoms with E-state index in [0.717, 1.165) is 5.69 Å². The Bertz CT molecular complexity index is 831. The van der Waals surface area contributed by atoms with Gasteiger partial charge in [0.05, 0.1) is 11.2 Å². The summed E-state index contributed by atoms with van der Waals surface area (Å²) in [5.74, 6) is 1.04. The van der Waals surface area contributed by atoms with E-state index in [0.29, 0.717) is 27.0 Å².